The lowest BCUT2D eigenvalue weighted by molar-refractivity contribution is -0.201. The van der Waals surface area contributed by atoms with Crippen LogP contribution in [0.25, 0.3) is 0 Å². The van der Waals surface area contributed by atoms with E-state index in [4.69, 9.17) is 14.3 Å². The van der Waals surface area contributed by atoms with Crippen molar-refractivity contribution in [3.63, 3.8) is 0 Å². The van der Waals surface area contributed by atoms with Gasteiger partial charge in [-0.3, -0.25) is 4.79 Å². The van der Waals surface area contributed by atoms with Crippen LogP contribution in [0.4, 0.5) is 0 Å². The van der Waals surface area contributed by atoms with Gasteiger partial charge in [0.05, 0.1) is 0 Å². The van der Waals surface area contributed by atoms with Crippen molar-refractivity contribution in [3.8, 4) is 5.75 Å². The minimum absolute atomic E-state index is 0.0738. The zero-order valence-electron chi connectivity index (χ0n) is 12.0. The molecule has 1 aliphatic heterocycles. The van der Waals surface area contributed by atoms with Gasteiger partial charge in [-0.2, -0.15) is 0 Å². The first-order valence-corrected chi connectivity index (χ1v) is 6.90. The first kappa shape index (κ1) is 14.8. The summed E-state index contributed by atoms with van der Waals surface area (Å²) in [6, 6.07) is 5.84. The molecule has 1 atom stereocenters. The van der Waals surface area contributed by atoms with Crippen molar-refractivity contribution in [1.82, 2.24) is 5.48 Å². The predicted octanol–water partition coefficient (Wildman–Crippen LogP) is 2.26. The first-order valence-electron chi connectivity index (χ1n) is 6.90. The molecule has 1 amide bonds. The number of ether oxygens (including phenoxy) is 2. The van der Waals surface area contributed by atoms with Crippen LogP contribution in [-0.2, 0) is 14.4 Å². The molecule has 1 aromatic carbocycles. The van der Waals surface area contributed by atoms with Crippen LogP contribution in [0.15, 0.2) is 18.2 Å². The number of hydroxylamine groups is 1. The molecule has 1 aromatic rings. The molecule has 1 aliphatic rings. The lowest BCUT2D eigenvalue weighted by Crippen LogP contribution is -2.35. The number of carbonyl (C=O) groups is 1. The molecular weight excluding hydrogens is 258 g/mol. The summed E-state index contributed by atoms with van der Waals surface area (Å²) in [6.07, 6.45) is 2.57. The third-order valence-electron chi connectivity index (χ3n) is 3.01. The SMILES string of the molecule is Cc1cc(C)cc(OCC(=O)NO[C@H]2CCCCO2)c1. The normalized spacial score (nSPS) is 18.6. The van der Waals surface area contributed by atoms with Gasteiger partial charge in [-0.1, -0.05) is 6.07 Å². The van der Waals surface area contributed by atoms with E-state index in [9.17, 15) is 4.79 Å². The minimum Gasteiger partial charge on any atom is -0.484 e. The van der Waals surface area contributed by atoms with Crippen molar-refractivity contribution < 1.29 is 19.1 Å². The highest BCUT2D eigenvalue weighted by Gasteiger charge is 2.15. The molecule has 1 saturated heterocycles. The third kappa shape index (κ3) is 4.83. The second-order valence-electron chi connectivity index (χ2n) is 5.05. The summed E-state index contributed by atoms with van der Waals surface area (Å²) in [7, 11) is 0. The molecular formula is C15H21NO4. The van der Waals surface area contributed by atoms with E-state index in [-0.39, 0.29) is 18.8 Å². The van der Waals surface area contributed by atoms with Gasteiger partial charge in [0.1, 0.15) is 5.75 Å². The van der Waals surface area contributed by atoms with Crippen LogP contribution in [0.3, 0.4) is 0 Å². The molecule has 1 heterocycles. The molecule has 5 heteroatoms. The molecule has 0 unspecified atom stereocenters. The summed E-state index contributed by atoms with van der Waals surface area (Å²) in [6.45, 7) is 4.59. The molecule has 110 valence electrons. The Morgan fingerprint density at radius 2 is 2.05 bits per heavy atom. The van der Waals surface area contributed by atoms with E-state index in [2.05, 4.69) is 11.5 Å². The van der Waals surface area contributed by atoms with Crippen molar-refractivity contribution in [1.29, 1.82) is 0 Å². The van der Waals surface area contributed by atoms with Crippen LogP contribution >= 0.6 is 0 Å². The summed E-state index contributed by atoms with van der Waals surface area (Å²) < 4.78 is 10.8. The molecule has 1 N–H and O–H groups in total. The number of rotatable bonds is 5. The average molecular weight is 279 g/mol. The number of nitrogens with one attached hydrogen (secondary N) is 1. The van der Waals surface area contributed by atoms with Crippen LogP contribution in [-0.4, -0.2) is 25.4 Å². The summed E-state index contributed by atoms with van der Waals surface area (Å²) in [4.78, 5) is 16.8. The fraction of sp³-hybridized carbons (Fsp3) is 0.533. The van der Waals surface area contributed by atoms with Crippen molar-refractivity contribution in [2.24, 2.45) is 0 Å². The fourth-order valence-electron chi connectivity index (χ4n) is 2.13. The van der Waals surface area contributed by atoms with Gasteiger partial charge >= 0.3 is 0 Å². The number of benzene rings is 1. The number of hydrogen-bond acceptors (Lipinski definition) is 4. The first-order chi connectivity index (χ1) is 9.63. The fourth-order valence-corrected chi connectivity index (χ4v) is 2.13. The number of hydrogen-bond donors (Lipinski definition) is 1. The van der Waals surface area contributed by atoms with E-state index in [0.717, 1.165) is 30.4 Å². The van der Waals surface area contributed by atoms with E-state index in [1.807, 2.05) is 26.0 Å². The van der Waals surface area contributed by atoms with E-state index in [0.29, 0.717) is 12.4 Å². The Hall–Kier alpha value is -1.59. The number of carbonyl (C=O) groups excluding carboxylic acids is 1. The van der Waals surface area contributed by atoms with Gasteiger partial charge in [-0.15, -0.1) is 0 Å². The Morgan fingerprint density at radius 1 is 1.30 bits per heavy atom. The standard InChI is InChI=1S/C15H21NO4/c1-11-7-12(2)9-13(8-11)19-10-14(17)16-20-15-5-3-4-6-18-15/h7-9,15H,3-6,10H2,1-2H3,(H,16,17)/t15-/m0/s1. The van der Waals surface area contributed by atoms with E-state index in [1.54, 1.807) is 0 Å². The Balaban J connectivity index is 1.71. The Kier molecular flexibility index (Phi) is 5.38. The number of aryl methyl sites for hydroxylation is 2. The second kappa shape index (κ2) is 7.26. The highest BCUT2D eigenvalue weighted by Crippen LogP contribution is 2.16. The van der Waals surface area contributed by atoms with Crippen LogP contribution in [0.1, 0.15) is 30.4 Å². The average Bonchev–Trinajstić information content (AvgIpc) is 2.43. The van der Waals surface area contributed by atoms with Gasteiger partial charge in [-0.25, -0.2) is 10.3 Å². The van der Waals surface area contributed by atoms with E-state index in [1.165, 1.54) is 0 Å². The Labute approximate surface area is 119 Å². The molecule has 0 radical (unpaired) electrons. The third-order valence-corrected chi connectivity index (χ3v) is 3.01. The molecule has 0 spiro atoms. The second-order valence-corrected chi connectivity index (χ2v) is 5.05. The molecule has 20 heavy (non-hydrogen) atoms. The highest BCUT2D eigenvalue weighted by atomic mass is 16.8. The minimum atomic E-state index is -0.339. The molecule has 0 aromatic heterocycles. The van der Waals surface area contributed by atoms with Crippen LogP contribution in [0, 0.1) is 13.8 Å². The van der Waals surface area contributed by atoms with Gasteiger partial charge in [0.25, 0.3) is 5.91 Å². The predicted molar refractivity (Wildman–Crippen MR) is 74.2 cm³/mol. The van der Waals surface area contributed by atoms with Crippen LogP contribution in [0.2, 0.25) is 0 Å². The largest absolute Gasteiger partial charge is 0.484 e. The topological polar surface area (TPSA) is 56.8 Å². The molecule has 5 nitrogen and oxygen atoms in total. The Morgan fingerprint density at radius 3 is 2.70 bits per heavy atom. The summed E-state index contributed by atoms with van der Waals surface area (Å²) >= 11 is 0. The summed E-state index contributed by atoms with van der Waals surface area (Å²) in [5.74, 6) is 0.366. The zero-order valence-corrected chi connectivity index (χ0v) is 12.0. The van der Waals surface area contributed by atoms with E-state index < -0.39 is 0 Å². The van der Waals surface area contributed by atoms with Crippen LogP contribution < -0.4 is 10.2 Å². The van der Waals surface area contributed by atoms with Gasteiger partial charge in [-0.05, 0) is 49.9 Å². The lowest BCUT2D eigenvalue weighted by Gasteiger charge is -2.22. The quantitative estimate of drug-likeness (QED) is 0.840. The monoisotopic (exact) mass is 279 g/mol. The number of amides is 1. The van der Waals surface area contributed by atoms with Gasteiger partial charge < -0.3 is 9.47 Å². The lowest BCUT2D eigenvalue weighted by atomic mass is 10.1. The molecule has 0 bridgehead atoms. The van der Waals surface area contributed by atoms with Gasteiger partial charge in [0.15, 0.2) is 12.9 Å². The smallest absolute Gasteiger partial charge is 0.281 e. The zero-order chi connectivity index (χ0) is 14.4. The van der Waals surface area contributed by atoms with Crippen molar-refractivity contribution >= 4 is 5.91 Å². The van der Waals surface area contributed by atoms with Crippen molar-refractivity contribution in [2.45, 2.75) is 39.4 Å². The van der Waals surface area contributed by atoms with Crippen molar-refractivity contribution in [3.05, 3.63) is 29.3 Å². The highest BCUT2D eigenvalue weighted by molar-refractivity contribution is 5.76. The van der Waals surface area contributed by atoms with Gasteiger partial charge in [0, 0.05) is 13.0 Å². The molecule has 0 saturated carbocycles. The molecule has 1 fully saturated rings. The molecule has 0 aliphatic carbocycles. The van der Waals surface area contributed by atoms with Gasteiger partial charge in [0.2, 0.25) is 0 Å². The summed E-state index contributed by atoms with van der Waals surface area (Å²) in [5.41, 5.74) is 4.57. The molecule has 2 rings (SSSR count). The maximum Gasteiger partial charge on any atom is 0.281 e. The van der Waals surface area contributed by atoms with Crippen LogP contribution in [0.5, 0.6) is 5.75 Å². The van der Waals surface area contributed by atoms with E-state index >= 15 is 0 Å². The maximum atomic E-state index is 11.6. The Bertz CT molecular complexity index is 435. The van der Waals surface area contributed by atoms with Crippen molar-refractivity contribution in [2.75, 3.05) is 13.2 Å². The summed E-state index contributed by atoms with van der Waals surface area (Å²) in [5, 5.41) is 0. The maximum absolute atomic E-state index is 11.6.